The lowest BCUT2D eigenvalue weighted by Crippen LogP contribution is -2.18. The fraction of sp³-hybridized carbons (Fsp3) is 0.300. The molecule has 1 rings (SSSR count). The van der Waals surface area contributed by atoms with Crippen LogP contribution in [0.1, 0.15) is 5.69 Å². The number of nitrogens with one attached hydrogen (secondary N) is 3. The van der Waals surface area contributed by atoms with Crippen LogP contribution in [0.2, 0.25) is 5.28 Å². The maximum absolute atomic E-state index is 11.5. The molecular formula is C10H13ClN4O2. The second-order valence-electron chi connectivity index (χ2n) is 3.07. The number of rotatable bonds is 6. The Hall–Kier alpha value is -1.66. The van der Waals surface area contributed by atoms with Crippen molar-refractivity contribution in [1.29, 1.82) is 5.41 Å². The average Bonchev–Trinajstić information content (AvgIpc) is 2.30. The summed E-state index contributed by atoms with van der Waals surface area (Å²) >= 11 is 5.58. The number of aromatic nitrogens is 2. The topological polar surface area (TPSA) is 90.9 Å². The van der Waals surface area contributed by atoms with E-state index in [-0.39, 0.29) is 16.7 Å². The summed E-state index contributed by atoms with van der Waals surface area (Å²) in [5, 5.41) is 9.97. The van der Waals surface area contributed by atoms with Gasteiger partial charge in [0.2, 0.25) is 5.28 Å². The number of anilines is 1. The molecule has 92 valence electrons. The Morgan fingerprint density at radius 2 is 2.35 bits per heavy atom. The van der Waals surface area contributed by atoms with Crippen molar-refractivity contribution in [2.75, 3.05) is 25.6 Å². The SMILES string of the molecule is COC/C=C/CNc1c(C=N)nc(Cl)[nH]c1=O. The van der Waals surface area contributed by atoms with E-state index < -0.39 is 5.56 Å². The number of hydrogen-bond donors (Lipinski definition) is 3. The van der Waals surface area contributed by atoms with Crippen LogP contribution in [0.15, 0.2) is 16.9 Å². The van der Waals surface area contributed by atoms with Crippen LogP contribution in [0.3, 0.4) is 0 Å². The molecule has 0 spiro atoms. The van der Waals surface area contributed by atoms with Gasteiger partial charge < -0.3 is 15.5 Å². The van der Waals surface area contributed by atoms with Crippen molar-refractivity contribution in [3.05, 3.63) is 33.5 Å². The number of aromatic amines is 1. The molecule has 0 aliphatic heterocycles. The highest BCUT2D eigenvalue weighted by Gasteiger charge is 2.07. The summed E-state index contributed by atoms with van der Waals surface area (Å²) < 4.78 is 4.83. The van der Waals surface area contributed by atoms with Crippen molar-refractivity contribution in [3.8, 4) is 0 Å². The van der Waals surface area contributed by atoms with Crippen molar-refractivity contribution in [2.45, 2.75) is 0 Å². The molecule has 0 atom stereocenters. The molecule has 6 nitrogen and oxygen atoms in total. The largest absolute Gasteiger partial charge is 0.381 e. The van der Waals surface area contributed by atoms with Gasteiger partial charge in [-0.25, -0.2) is 4.98 Å². The first-order valence-electron chi connectivity index (χ1n) is 4.87. The fourth-order valence-electron chi connectivity index (χ4n) is 1.15. The van der Waals surface area contributed by atoms with Crippen LogP contribution < -0.4 is 10.9 Å². The molecular weight excluding hydrogens is 244 g/mol. The predicted octanol–water partition coefficient (Wildman–Crippen LogP) is 1.04. The van der Waals surface area contributed by atoms with Crippen molar-refractivity contribution in [1.82, 2.24) is 9.97 Å². The lowest BCUT2D eigenvalue weighted by atomic mass is 10.3. The molecule has 17 heavy (non-hydrogen) atoms. The first-order valence-corrected chi connectivity index (χ1v) is 5.25. The lowest BCUT2D eigenvalue weighted by molar-refractivity contribution is 0.233. The third-order valence-electron chi connectivity index (χ3n) is 1.88. The van der Waals surface area contributed by atoms with E-state index >= 15 is 0 Å². The zero-order valence-electron chi connectivity index (χ0n) is 9.29. The van der Waals surface area contributed by atoms with E-state index in [1.54, 1.807) is 7.11 Å². The van der Waals surface area contributed by atoms with E-state index in [4.69, 9.17) is 21.7 Å². The summed E-state index contributed by atoms with van der Waals surface area (Å²) in [4.78, 5) is 17.7. The number of methoxy groups -OCH3 is 1. The molecule has 7 heteroatoms. The molecule has 0 unspecified atom stereocenters. The number of halogens is 1. The molecule has 1 aromatic heterocycles. The van der Waals surface area contributed by atoms with Gasteiger partial charge in [-0.2, -0.15) is 0 Å². The van der Waals surface area contributed by atoms with Gasteiger partial charge in [0.25, 0.3) is 5.56 Å². The zero-order valence-corrected chi connectivity index (χ0v) is 10.0. The fourth-order valence-corrected chi connectivity index (χ4v) is 1.32. The summed E-state index contributed by atoms with van der Waals surface area (Å²) in [6.45, 7) is 0.949. The molecule has 0 saturated carbocycles. The highest BCUT2D eigenvalue weighted by Crippen LogP contribution is 2.06. The zero-order chi connectivity index (χ0) is 12.7. The normalized spacial score (nSPS) is 10.7. The van der Waals surface area contributed by atoms with E-state index in [9.17, 15) is 4.79 Å². The molecule has 1 heterocycles. The number of H-pyrrole nitrogens is 1. The Kier molecular flexibility index (Phi) is 5.38. The second kappa shape index (κ2) is 6.82. The quantitative estimate of drug-likeness (QED) is 0.403. The van der Waals surface area contributed by atoms with Crippen molar-refractivity contribution < 1.29 is 4.74 Å². The predicted molar refractivity (Wildman–Crippen MR) is 67.3 cm³/mol. The van der Waals surface area contributed by atoms with E-state index in [2.05, 4.69) is 15.3 Å². The molecule has 0 bridgehead atoms. The van der Waals surface area contributed by atoms with Gasteiger partial charge in [-0.05, 0) is 11.6 Å². The van der Waals surface area contributed by atoms with Crippen LogP contribution in [0.5, 0.6) is 0 Å². The smallest absolute Gasteiger partial charge is 0.275 e. The molecule has 0 fully saturated rings. The molecule has 3 N–H and O–H groups in total. The Morgan fingerprint density at radius 3 is 3.00 bits per heavy atom. The molecule has 0 radical (unpaired) electrons. The lowest BCUT2D eigenvalue weighted by Gasteiger charge is -2.05. The number of ether oxygens (including phenoxy) is 1. The Morgan fingerprint density at radius 1 is 1.59 bits per heavy atom. The van der Waals surface area contributed by atoms with E-state index in [1.165, 1.54) is 0 Å². The van der Waals surface area contributed by atoms with E-state index in [1.807, 2.05) is 12.2 Å². The van der Waals surface area contributed by atoms with Crippen LogP contribution >= 0.6 is 11.6 Å². The minimum atomic E-state index is -0.399. The van der Waals surface area contributed by atoms with Crippen LogP contribution in [0.4, 0.5) is 5.69 Å². The monoisotopic (exact) mass is 256 g/mol. The number of nitrogens with zero attached hydrogens (tertiary/aromatic N) is 1. The Labute approximate surface area is 103 Å². The highest BCUT2D eigenvalue weighted by molar-refractivity contribution is 6.28. The number of hydrogen-bond acceptors (Lipinski definition) is 5. The van der Waals surface area contributed by atoms with Gasteiger partial charge in [0.05, 0.1) is 6.61 Å². The maximum Gasteiger partial charge on any atom is 0.275 e. The second-order valence-corrected chi connectivity index (χ2v) is 3.43. The minimum absolute atomic E-state index is 0.0334. The first kappa shape index (κ1) is 13.4. The molecule has 0 aliphatic carbocycles. The molecule has 0 aliphatic rings. The van der Waals surface area contributed by atoms with Gasteiger partial charge in [0.1, 0.15) is 11.4 Å². The Bertz CT molecular complexity index is 470. The minimum Gasteiger partial charge on any atom is -0.381 e. The van der Waals surface area contributed by atoms with Gasteiger partial charge in [-0.1, -0.05) is 12.2 Å². The van der Waals surface area contributed by atoms with Crippen LogP contribution in [0.25, 0.3) is 0 Å². The Balaban J connectivity index is 2.77. The van der Waals surface area contributed by atoms with Gasteiger partial charge in [0.15, 0.2) is 0 Å². The van der Waals surface area contributed by atoms with Crippen molar-refractivity contribution in [3.63, 3.8) is 0 Å². The van der Waals surface area contributed by atoms with E-state index in [0.717, 1.165) is 6.21 Å². The summed E-state index contributed by atoms with van der Waals surface area (Å²) in [5.74, 6) is 0. The third-order valence-corrected chi connectivity index (χ3v) is 2.06. The van der Waals surface area contributed by atoms with Crippen molar-refractivity contribution in [2.24, 2.45) is 0 Å². The summed E-state index contributed by atoms with van der Waals surface area (Å²) in [7, 11) is 1.60. The third kappa shape index (κ3) is 4.01. The average molecular weight is 257 g/mol. The molecule has 1 aromatic rings. The van der Waals surface area contributed by atoms with Crippen molar-refractivity contribution >= 4 is 23.5 Å². The molecule has 0 aromatic carbocycles. The van der Waals surface area contributed by atoms with Gasteiger partial charge in [-0.15, -0.1) is 0 Å². The van der Waals surface area contributed by atoms with E-state index in [0.29, 0.717) is 13.2 Å². The van der Waals surface area contributed by atoms with Crippen LogP contribution in [0, 0.1) is 5.41 Å². The first-order chi connectivity index (χ1) is 8.19. The maximum atomic E-state index is 11.5. The molecule has 0 saturated heterocycles. The van der Waals surface area contributed by atoms with Gasteiger partial charge in [-0.3, -0.25) is 9.78 Å². The summed E-state index contributed by atoms with van der Waals surface area (Å²) in [5.41, 5.74) is 0.0361. The summed E-state index contributed by atoms with van der Waals surface area (Å²) in [6.07, 6.45) is 4.60. The summed E-state index contributed by atoms with van der Waals surface area (Å²) in [6, 6.07) is 0. The van der Waals surface area contributed by atoms with Crippen LogP contribution in [-0.4, -0.2) is 36.4 Å². The molecule has 0 amide bonds. The standard InChI is InChI=1S/C10H13ClN4O2/c1-17-5-3-2-4-13-8-7(6-12)14-10(11)15-9(8)16/h2-3,6,12-13H,4-5H2,1H3,(H,14,15,16)/b3-2+,12-6?. The van der Waals surface area contributed by atoms with Gasteiger partial charge >= 0.3 is 0 Å². The highest BCUT2D eigenvalue weighted by atomic mass is 35.5. The van der Waals surface area contributed by atoms with Gasteiger partial charge in [0, 0.05) is 19.9 Å². The van der Waals surface area contributed by atoms with Crippen LogP contribution in [-0.2, 0) is 4.74 Å².